The summed E-state index contributed by atoms with van der Waals surface area (Å²) < 4.78 is 39.8. The van der Waals surface area contributed by atoms with E-state index in [-0.39, 0.29) is 11.3 Å². The van der Waals surface area contributed by atoms with Crippen molar-refractivity contribution in [1.82, 2.24) is 5.32 Å². The van der Waals surface area contributed by atoms with E-state index in [1.165, 1.54) is 12.1 Å². The number of ether oxygens (including phenoxy) is 1. The minimum atomic E-state index is -4.64. The summed E-state index contributed by atoms with van der Waals surface area (Å²) in [4.78, 5) is 0. The first-order valence-electron chi connectivity index (χ1n) is 6.90. The van der Waals surface area contributed by atoms with Crippen LogP contribution in [0.4, 0.5) is 13.2 Å². The molecule has 0 atom stereocenters. The molecule has 0 fully saturated rings. The molecule has 1 aromatic carbocycles. The average molecular weight is 301 g/mol. The first-order chi connectivity index (χ1) is 9.66. The number of halogens is 3. The normalized spacial score (nSPS) is 12.9. The first-order valence-corrected chi connectivity index (χ1v) is 6.90. The Bertz CT molecular complexity index is 444. The molecular formula is C16H22F3NO. The van der Waals surface area contributed by atoms with Gasteiger partial charge in [-0.3, -0.25) is 0 Å². The zero-order valence-electron chi connectivity index (χ0n) is 12.6. The maximum Gasteiger partial charge on any atom is 0.573 e. The van der Waals surface area contributed by atoms with Crippen molar-refractivity contribution in [2.45, 2.75) is 45.5 Å². The smallest absolute Gasteiger partial charge is 0.406 e. The van der Waals surface area contributed by atoms with Crippen molar-refractivity contribution in [3.63, 3.8) is 0 Å². The van der Waals surface area contributed by atoms with Gasteiger partial charge in [0.25, 0.3) is 0 Å². The summed E-state index contributed by atoms with van der Waals surface area (Å²) in [6.45, 7) is 7.24. The second-order valence-corrected chi connectivity index (χ2v) is 5.83. The molecule has 2 nitrogen and oxygen atoms in total. The van der Waals surface area contributed by atoms with Crippen LogP contribution >= 0.6 is 0 Å². The number of allylic oxidation sites excluding steroid dienone is 1. The van der Waals surface area contributed by atoms with Crippen molar-refractivity contribution in [3.05, 3.63) is 42.0 Å². The minimum Gasteiger partial charge on any atom is -0.406 e. The zero-order chi connectivity index (χ0) is 15.9. The van der Waals surface area contributed by atoms with Crippen LogP contribution in [0.5, 0.6) is 5.75 Å². The second-order valence-electron chi connectivity index (χ2n) is 5.83. The number of nitrogens with one attached hydrogen (secondary N) is 1. The second kappa shape index (κ2) is 7.50. The molecule has 0 amide bonds. The fourth-order valence-corrected chi connectivity index (χ4v) is 1.69. The highest BCUT2D eigenvalue weighted by Crippen LogP contribution is 2.22. The van der Waals surface area contributed by atoms with Crippen LogP contribution in [-0.4, -0.2) is 18.4 Å². The van der Waals surface area contributed by atoms with Crippen LogP contribution in [0.2, 0.25) is 0 Å². The van der Waals surface area contributed by atoms with E-state index in [9.17, 15) is 13.2 Å². The molecule has 0 bridgehead atoms. The van der Waals surface area contributed by atoms with Crippen molar-refractivity contribution in [2.24, 2.45) is 0 Å². The molecule has 1 rings (SSSR count). The van der Waals surface area contributed by atoms with Crippen LogP contribution < -0.4 is 10.1 Å². The predicted octanol–water partition coefficient (Wildman–Crippen LogP) is 4.46. The van der Waals surface area contributed by atoms with Crippen molar-refractivity contribution >= 4 is 0 Å². The Morgan fingerprint density at radius 3 is 2.19 bits per heavy atom. The number of benzene rings is 1. The SMILES string of the molecule is CC(C)(C)NCCC=CCc1ccc(OC(F)(F)F)cc1. The number of hydrogen-bond donors (Lipinski definition) is 1. The standard InChI is InChI=1S/C16H22F3NO/c1-15(2,3)20-12-6-4-5-7-13-8-10-14(11-9-13)21-16(17,18)19/h4-5,8-11,20H,6-7,12H2,1-3H3. The Hall–Kier alpha value is -1.49. The summed E-state index contributed by atoms with van der Waals surface area (Å²) in [5.41, 5.74) is 1.06. The summed E-state index contributed by atoms with van der Waals surface area (Å²) in [5, 5.41) is 3.38. The van der Waals surface area contributed by atoms with Gasteiger partial charge in [-0.2, -0.15) is 0 Å². The lowest BCUT2D eigenvalue weighted by atomic mass is 10.1. The lowest BCUT2D eigenvalue weighted by Gasteiger charge is -2.19. The highest BCUT2D eigenvalue weighted by molar-refractivity contribution is 5.28. The van der Waals surface area contributed by atoms with Crippen LogP contribution in [0.25, 0.3) is 0 Å². The van der Waals surface area contributed by atoms with Gasteiger partial charge >= 0.3 is 6.36 Å². The third-order valence-electron chi connectivity index (χ3n) is 2.64. The van der Waals surface area contributed by atoms with Crippen LogP contribution in [0, 0.1) is 0 Å². The largest absolute Gasteiger partial charge is 0.573 e. The third kappa shape index (κ3) is 9.13. The van der Waals surface area contributed by atoms with Crippen LogP contribution in [0.3, 0.4) is 0 Å². The zero-order valence-corrected chi connectivity index (χ0v) is 12.6. The Balaban J connectivity index is 2.33. The van der Waals surface area contributed by atoms with E-state index in [1.807, 2.05) is 6.08 Å². The molecule has 0 saturated heterocycles. The molecular weight excluding hydrogens is 279 g/mol. The Morgan fingerprint density at radius 2 is 1.67 bits per heavy atom. The lowest BCUT2D eigenvalue weighted by Crippen LogP contribution is -2.36. The van der Waals surface area contributed by atoms with E-state index < -0.39 is 6.36 Å². The fraction of sp³-hybridized carbons (Fsp3) is 0.500. The molecule has 5 heteroatoms. The van der Waals surface area contributed by atoms with Gasteiger partial charge in [0.05, 0.1) is 0 Å². The Kier molecular flexibility index (Phi) is 6.27. The number of hydrogen-bond acceptors (Lipinski definition) is 2. The highest BCUT2D eigenvalue weighted by Gasteiger charge is 2.30. The maximum atomic E-state index is 12.0. The molecule has 0 aliphatic rings. The van der Waals surface area contributed by atoms with E-state index in [0.29, 0.717) is 6.42 Å². The molecule has 0 aliphatic carbocycles. The summed E-state index contributed by atoms with van der Waals surface area (Å²) in [7, 11) is 0. The van der Waals surface area contributed by atoms with Crippen molar-refractivity contribution < 1.29 is 17.9 Å². The van der Waals surface area contributed by atoms with Gasteiger partial charge in [-0.25, -0.2) is 0 Å². The molecule has 118 valence electrons. The first kappa shape index (κ1) is 17.6. The van der Waals surface area contributed by atoms with E-state index in [2.05, 4.69) is 36.9 Å². The number of alkyl halides is 3. The summed E-state index contributed by atoms with van der Waals surface area (Å²) >= 11 is 0. The van der Waals surface area contributed by atoms with Gasteiger partial charge in [-0.1, -0.05) is 24.3 Å². The molecule has 0 saturated carbocycles. The maximum absolute atomic E-state index is 12.0. The molecule has 0 aromatic heterocycles. The van der Waals surface area contributed by atoms with Crippen LogP contribution in [-0.2, 0) is 6.42 Å². The highest BCUT2D eigenvalue weighted by atomic mass is 19.4. The number of rotatable bonds is 6. The summed E-state index contributed by atoms with van der Waals surface area (Å²) in [6.07, 6.45) is 1.07. The third-order valence-corrected chi connectivity index (χ3v) is 2.64. The van der Waals surface area contributed by atoms with Gasteiger partial charge in [-0.05, 0) is 57.9 Å². The molecule has 0 unspecified atom stereocenters. The molecule has 1 aromatic rings. The van der Waals surface area contributed by atoms with Crippen molar-refractivity contribution in [1.29, 1.82) is 0 Å². The van der Waals surface area contributed by atoms with Crippen LogP contribution in [0.15, 0.2) is 36.4 Å². The quantitative estimate of drug-likeness (QED) is 0.618. The Labute approximate surface area is 124 Å². The molecule has 1 N–H and O–H groups in total. The summed E-state index contributed by atoms with van der Waals surface area (Å²) in [5.74, 6) is -0.190. The van der Waals surface area contributed by atoms with Crippen molar-refractivity contribution in [2.75, 3.05) is 6.54 Å². The van der Waals surface area contributed by atoms with Gasteiger partial charge in [-0.15, -0.1) is 13.2 Å². The van der Waals surface area contributed by atoms with E-state index in [0.717, 1.165) is 18.5 Å². The molecule has 21 heavy (non-hydrogen) atoms. The van der Waals surface area contributed by atoms with Gasteiger partial charge in [0.15, 0.2) is 0 Å². The summed E-state index contributed by atoms with van der Waals surface area (Å²) in [6, 6.07) is 5.94. The molecule has 0 spiro atoms. The average Bonchev–Trinajstić information content (AvgIpc) is 2.32. The predicted molar refractivity (Wildman–Crippen MR) is 78.3 cm³/mol. The monoisotopic (exact) mass is 301 g/mol. The van der Waals surface area contributed by atoms with Crippen molar-refractivity contribution in [3.8, 4) is 5.75 Å². The van der Waals surface area contributed by atoms with Crippen LogP contribution in [0.1, 0.15) is 32.8 Å². The molecule has 0 aliphatic heterocycles. The van der Waals surface area contributed by atoms with Gasteiger partial charge in [0.2, 0.25) is 0 Å². The van der Waals surface area contributed by atoms with Gasteiger partial charge in [0.1, 0.15) is 5.75 Å². The fourth-order valence-electron chi connectivity index (χ4n) is 1.69. The molecule has 0 heterocycles. The van der Waals surface area contributed by atoms with Gasteiger partial charge in [0, 0.05) is 5.54 Å². The van der Waals surface area contributed by atoms with E-state index >= 15 is 0 Å². The lowest BCUT2D eigenvalue weighted by molar-refractivity contribution is -0.274. The van der Waals surface area contributed by atoms with E-state index in [1.54, 1.807) is 12.1 Å². The van der Waals surface area contributed by atoms with Gasteiger partial charge < -0.3 is 10.1 Å². The molecule has 0 radical (unpaired) electrons. The van der Waals surface area contributed by atoms with E-state index in [4.69, 9.17) is 0 Å². The Morgan fingerprint density at radius 1 is 1.05 bits per heavy atom. The topological polar surface area (TPSA) is 21.3 Å². The minimum absolute atomic E-state index is 0.113.